The van der Waals surface area contributed by atoms with E-state index in [1.165, 1.54) is 0 Å². The fourth-order valence-electron chi connectivity index (χ4n) is 1.49. The van der Waals surface area contributed by atoms with Crippen LogP contribution in [-0.2, 0) is 9.53 Å². The van der Waals surface area contributed by atoms with E-state index in [4.69, 9.17) is 4.74 Å². The molecule has 0 aromatic rings. The number of ether oxygens (including phenoxy) is 1. The highest BCUT2D eigenvalue weighted by molar-refractivity contribution is 9.09. The third-order valence-corrected chi connectivity index (χ3v) is 2.89. The Hall–Kier alpha value is -0.0900. The summed E-state index contributed by atoms with van der Waals surface area (Å²) in [7, 11) is 0. The first-order valence-electron chi connectivity index (χ1n) is 5.30. The minimum Gasteiger partial charge on any atom is -0.368 e. The maximum Gasteiger partial charge on any atom is 0.249 e. The van der Waals surface area contributed by atoms with Crippen LogP contribution in [0.4, 0.5) is 0 Å². The zero-order valence-corrected chi connectivity index (χ0v) is 10.0. The second kappa shape index (κ2) is 7.23. The molecule has 0 bridgehead atoms. The number of nitrogens with one attached hydrogen (secondary N) is 1. The molecule has 0 spiro atoms. The lowest BCUT2D eigenvalue weighted by Crippen LogP contribution is -2.38. The normalized spacial score (nSPS) is 21.9. The van der Waals surface area contributed by atoms with Gasteiger partial charge >= 0.3 is 0 Å². The van der Waals surface area contributed by atoms with E-state index in [1.54, 1.807) is 0 Å². The first-order valence-corrected chi connectivity index (χ1v) is 6.42. The lowest BCUT2D eigenvalue weighted by atomic mass is 10.1. The lowest BCUT2D eigenvalue weighted by Gasteiger charge is -2.21. The first kappa shape index (κ1) is 12.0. The van der Waals surface area contributed by atoms with Gasteiger partial charge in [-0.3, -0.25) is 4.79 Å². The molecule has 1 aliphatic heterocycles. The van der Waals surface area contributed by atoms with Crippen molar-refractivity contribution in [3.63, 3.8) is 0 Å². The molecule has 1 heterocycles. The molecule has 14 heavy (non-hydrogen) atoms. The number of halogens is 1. The summed E-state index contributed by atoms with van der Waals surface area (Å²) in [4.78, 5) is 11.5. The number of amides is 1. The number of alkyl halides is 1. The van der Waals surface area contributed by atoms with Crippen LogP contribution in [-0.4, -0.2) is 30.5 Å². The van der Waals surface area contributed by atoms with Crippen LogP contribution in [0.15, 0.2) is 0 Å². The summed E-state index contributed by atoms with van der Waals surface area (Å²) < 4.78 is 5.38. The SMILES string of the molecule is O=C(NCCCCBr)C1CCCCO1. The fourth-order valence-corrected chi connectivity index (χ4v) is 1.89. The van der Waals surface area contributed by atoms with Gasteiger partial charge in [0.2, 0.25) is 5.91 Å². The van der Waals surface area contributed by atoms with Gasteiger partial charge in [0.25, 0.3) is 0 Å². The molecule has 1 unspecified atom stereocenters. The van der Waals surface area contributed by atoms with E-state index in [2.05, 4.69) is 21.2 Å². The second-order valence-corrected chi connectivity index (χ2v) is 4.34. The van der Waals surface area contributed by atoms with Gasteiger partial charge in [0.1, 0.15) is 6.10 Å². The molecule has 1 rings (SSSR count). The Bertz CT molecular complexity index is 170. The molecule has 0 radical (unpaired) electrons. The number of hydrogen-bond acceptors (Lipinski definition) is 2. The van der Waals surface area contributed by atoms with E-state index in [0.29, 0.717) is 0 Å². The van der Waals surface area contributed by atoms with Crippen LogP contribution < -0.4 is 5.32 Å². The summed E-state index contributed by atoms with van der Waals surface area (Å²) in [5.41, 5.74) is 0. The van der Waals surface area contributed by atoms with Gasteiger partial charge in [-0.1, -0.05) is 15.9 Å². The van der Waals surface area contributed by atoms with E-state index >= 15 is 0 Å². The van der Waals surface area contributed by atoms with Gasteiger partial charge in [0, 0.05) is 18.5 Å². The summed E-state index contributed by atoms with van der Waals surface area (Å²) in [5, 5.41) is 3.91. The van der Waals surface area contributed by atoms with Gasteiger partial charge in [0.15, 0.2) is 0 Å². The Morgan fingerprint density at radius 1 is 1.43 bits per heavy atom. The van der Waals surface area contributed by atoms with Gasteiger partial charge in [-0.05, 0) is 32.1 Å². The Labute approximate surface area is 93.7 Å². The minimum absolute atomic E-state index is 0.0688. The van der Waals surface area contributed by atoms with Crippen molar-refractivity contribution < 1.29 is 9.53 Å². The van der Waals surface area contributed by atoms with Gasteiger partial charge in [-0.15, -0.1) is 0 Å². The molecule has 1 aliphatic rings. The van der Waals surface area contributed by atoms with E-state index in [0.717, 1.165) is 50.6 Å². The summed E-state index contributed by atoms with van der Waals surface area (Å²) in [6.45, 7) is 1.50. The third kappa shape index (κ3) is 4.42. The molecule has 0 saturated carbocycles. The van der Waals surface area contributed by atoms with Crippen LogP contribution in [0.2, 0.25) is 0 Å². The molecule has 1 amide bonds. The zero-order valence-electron chi connectivity index (χ0n) is 8.43. The minimum atomic E-state index is -0.187. The monoisotopic (exact) mass is 263 g/mol. The number of carbonyl (C=O) groups is 1. The molecular weight excluding hydrogens is 246 g/mol. The summed E-state index contributed by atoms with van der Waals surface area (Å²) in [6.07, 6.45) is 5.03. The highest BCUT2D eigenvalue weighted by Gasteiger charge is 2.20. The van der Waals surface area contributed by atoms with Gasteiger partial charge in [-0.2, -0.15) is 0 Å². The van der Waals surface area contributed by atoms with Crippen molar-refractivity contribution in [3.8, 4) is 0 Å². The van der Waals surface area contributed by atoms with E-state index in [9.17, 15) is 4.79 Å². The Morgan fingerprint density at radius 3 is 2.93 bits per heavy atom. The summed E-state index contributed by atoms with van der Waals surface area (Å²) in [6, 6.07) is 0. The van der Waals surface area contributed by atoms with Crippen LogP contribution in [0.5, 0.6) is 0 Å². The molecule has 0 aromatic heterocycles. The van der Waals surface area contributed by atoms with Crippen molar-refractivity contribution in [2.45, 2.75) is 38.2 Å². The fraction of sp³-hybridized carbons (Fsp3) is 0.900. The van der Waals surface area contributed by atoms with Gasteiger partial charge < -0.3 is 10.1 Å². The van der Waals surface area contributed by atoms with Crippen LogP contribution in [0, 0.1) is 0 Å². The lowest BCUT2D eigenvalue weighted by molar-refractivity contribution is -0.135. The smallest absolute Gasteiger partial charge is 0.249 e. The highest BCUT2D eigenvalue weighted by atomic mass is 79.9. The molecule has 1 atom stereocenters. The van der Waals surface area contributed by atoms with Gasteiger partial charge in [0.05, 0.1) is 0 Å². The predicted molar refractivity (Wildman–Crippen MR) is 59.6 cm³/mol. The van der Waals surface area contributed by atoms with Crippen LogP contribution in [0.1, 0.15) is 32.1 Å². The Balaban J connectivity index is 2.07. The standard InChI is InChI=1S/C10H18BrNO2/c11-6-2-3-7-12-10(13)9-5-1-4-8-14-9/h9H,1-8H2,(H,12,13). The Morgan fingerprint density at radius 2 is 2.29 bits per heavy atom. The topological polar surface area (TPSA) is 38.3 Å². The molecule has 3 nitrogen and oxygen atoms in total. The quantitative estimate of drug-likeness (QED) is 0.608. The zero-order chi connectivity index (χ0) is 10.2. The molecule has 1 fully saturated rings. The Kier molecular flexibility index (Phi) is 6.19. The molecular formula is C10H18BrNO2. The van der Waals surface area contributed by atoms with E-state index in [-0.39, 0.29) is 12.0 Å². The van der Waals surface area contributed by atoms with Crippen molar-refractivity contribution in [1.82, 2.24) is 5.32 Å². The maximum atomic E-state index is 11.5. The number of unbranched alkanes of at least 4 members (excludes halogenated alkanes) is 1. The molecule has 0 aromatic carbocycles. The molecule has 4 heteroatoms. The van der Waals surface area contributed by atoms with Crippen LogP contribution in [0.3, 0.4) is 0 Å². The van der Waals surface area contributed by atoms with Crippen molar-refractivity contribution >= 4 is 21.8 Å². The van der Waals surface area contributed by atoms with Gasteiger partial charge in [-0.25, -0.2) is 0 Å². The molecule has 82 valence electrons. The molecule has 1 saturated heterocycles. The molecule has 0 aliphatic carbocycles. The maximum absolute atomic E-state index is 11.5. The largest absolute Gasteiger partial charge is 0.368 e. The average molecular weight is 264 g/mol. The molecule has 1 N–H and O–H groups in total. The van der Waals surface area contributed by atoms with Crippen LogP contribution >= 0.6 is 15.9 Å². The van der Waals surface area contributed by atoms with E-state index < -0.39 is 0 Å². The predicted octanol–water partition coefficient (Wildman–Crippen LogP) is 1.85. The van der Waals surface area contributed by atoms with Crippen molar-refractivity contribution in [3.05, 3.63) is 0 Å². The van der Waals surface area contributed by atoms with Crippen LogP contribution in [0.25, 0.3) is 0 Å². The number of rotatable bonds is 5. The number of carbonyl (C=O) groups excluding carboxylic acids is 1. The third-order valence-electron chi connectivity index (χ3n) is 2.33. The van der Waals surface area contributed by atoms with E-state index in [1.807, 2.05) is 0 Å². The highest BCUT2D eigenvalue weighted by Crippen LogP contribution is 2.12. The summed E-state index contributed by atoms with van der Waals surface area (Å²) in [5.74, 6) is 0.0688. The van der Waals surface area contributed by atoms with Crippen molar-refractivity contribution in [2.75, 3.05) is 18.5 Å². The van der Waals surface area contributed by atoms with Crippen molar-refractivity contribution in [1.29, 1.82) is 0 Å². The van der Waals surface area contributed by atoms with Crippen molar-refractivity contribution in [2.24, 2.45) is 0 Å². The second-order valence-electron chi connectivity index (χ2n) is 3.54. The first-order chi connectivity index (χ1) is 6.84. The summed E-state index contributed by atoms with van der Waals surface area (Å²) >= 11 is 3.36. The number of hydrogen-bond donors (Lipinski definition) is 1. The average Bonchev–Trinajstić information content (AvgIpc) is 2.25.